The molecule has 1 aliphatic heterocycles. The first-order valence-corrected chi connectivity index (χ1v) is 9.85. The van der Waals surface area contributed by atoms with Crippen LogP contribution in [-0.4, -0.2) is 43.2 Å². The molecule has 0 spiro atoms. The molecule has 25 heavy (non-hydrogen) atoms. The van der Waals surface area contributed by atoms with E-state index in [2.05, 4.69) is 10.3 Å². The standard InChI is InChI=1S/C17H22N4O3S/c18-25(23,24)21-11-7-13(8-12-21)6-10-20-17(22)15-5-1-3-14-4-2-9-19-16(14)15/h1-5,9,13H,6-8,10-12H2,(H,20,22)(H2,18,23,24). The van der Waals surface area contributed by atoms with Crippen molar-refractivity contribution in [1.82, 2.24) is 14.6 Å². The number of amides is 1. The minimum absolute atomic E-state index is 0.133. The van der Waals surface area contributed by atoms with E-state index in [9.17, 15) is 13.2 Å². The van der Waals surface area contributed by atoms with Crippen molar-refractivity contribution in [2.75, 3.05) is 19.6 Å². The fraction of sp³-hybridized carbons (Fsp3) is 0.412. The van der Waals surface area contributed by atoms with Gasteiger partial charge in [0.25, 0.3) is 16.1 Å². The van der Waals surface area contributed by atoms with Crippen LogP contribution < -0.4 is 10.5 Å². The summed E-state index contributed by atoms with van der Waals surface area (Å²) in [5.74, 6) is 0.259. The SMILES string of the molecule is NS(=O)(=O)N1CCC(CCNC(=O)c2cccc3cccnc23)CC1. The molecule has 1 fully saturated rings. The number of piperidine rings is 1. The molecule has 2 aromatic rings. The molecule has 134 valence electrons. The van der Waals surface area contributed by atoms with Gasteiger partial charge in [-0.2, -0.15) is 12.7 Å². The van der Waals surface area contributed by atoms with E-state index in [1.807, 2.05) is 24.3 Å². The molecule has 1 saturated heterocycles. The second-order valence-electron chi connectivity index (χ2n) is 6.31. The van der Waals surface area contributed by atoms with E-state index in [1.54, 1.807) is 12.3 Å². The summed E-state index contributed by atoms with van der Waals surface area (Å²) in [7, 11) is -3.58. The highest BCUT2D eigenvalue weighted by Gasteiger charge is 2.25. The van der Waals surface area contributed by atoms with Gasteiger partial charge in [0.2, 0.25) is 0 Å². The Labute approximate surface area is 147 Å². The molecule has 0 atom stereocenters. The van der Waals surface area contributed by atoms with Gasteiger partial charge >= 0.3 is 0 Å². The van der Waals surface area contributed by atoms with Crippen LogP contribution in [0.2, 0.25) is 0 Å². The number of pyridine rings is 1. The molecular formula is C17H22N4O3S. The lowest BCUT2D eigenvalue weighted by Crippen LogP contribution is -2.42. The van der Waals surface area contributed by atoms with Crippen LogP contribution in [-0.2, 0) is 10.2 Å². The molecule has 0 unspecified atom stereocenters. The molecule has 0 aliphatic carbocycles. The predicted molar refractivity (Wildman–Crippen MR) is 96.1 cm³/mol. The highest BCUT2D eigenvalue weighted by atomic mass is 32.2. The van der Waals surface area contributed by atoms with E-state index in [1.165, 1.54) is 4.31 Å². The average molecular weight is 362 g/mol. The third-order valence-corrected chi connectivity index (χ3v) is 5.73. The van der Waals surface area contributed by atoms with E-state index >= 15 is 0 Å². The van der Waals surface area contributed by atoms with Gasteiger partial charge in [0.05, 0.1) is 11.1 Å². The summed E-state index contributed by atoms with van der Waals surface area (Å²) in [5, 5.41) is 9.02. The Kier molecular flexibility index (Phi) is 5.31. The highest BCUT2D eigenvalue weighted by molar-refractivity contribution is 7.86. The lowest BCUT2D eigenvalue weighted by Gasteiger charge is -2.29. The molecule has 0 bridgehead atoms. The van der Waals surface area contributed by atoms with Crippen LogP contribution >= 0.6 is 0 Å². The van der Waals surface area contributed by atoms with Crippen molar-refractivity contribution >= 4 is 27.0 Å². The first-order valence-electron chi connectivity index (χ1n) is 8.35. The van der Waals surface area contributed by atoms with Crippen molar-refractivity contribution in [2.45, 2.75) is 19.3 Å². The number of rotatable bonds is 5. The zero-order chi connectivity index (χ0) is 17.9. The van der Waals surface area contributed by atoms with E-state index in [4.69, 9.17) is 5.14 Å². The molecule has 1 amide bonds. The van der Waals surface area contributed by atoms with Gasteiger partial charge in [-0.25, -0.2) is 5.14 Å². The summed E-state index contributed by atoms with van der Waals surface area (Å²) in [5.41, 5.74) is 1.27. The number of carbonyl (C=O) groups excluding carboxylic acids is 1. The molecule has 1 aromatic heterocycles. The first-order chi connectivity index (χ1) is 11.9. The fourth-order valence-electron chi connectivity index (χ4n) is 3.22. The summed E-state index contributed by atoms with van der Waals surface area (Å²) < 4.78 is 23.9. The molecule has 1 aliphatic rings. The zero-order valence-electron chi connectivity index (χ0n) is 13.9. The van der Waals surface area contributed by atoms with Gasteiger partial charge in [0, 0.05) is 31.2 Å². The number of hydrogen-bond acceptors (Lipinski definition) is 4. The Hall–Kier alpha value is -2.03. The Balaban J connectivity index is 1.52. The van der Waals surface area contributed by atoms with Gasteiger partial charge < -0.3 is 5.32 Å². The van der Waals surface area contributed by atoms with Crippen LogP contribution in [0.5, 0.6) is 0 Å². The molecule has 1 aromatic carbocycles. The molecule has 3 rings (SSSR count). The largest absolute Gasteiger partial charge is 0.352 e. The van der Waals surface area contributed by atoms with Crippen LogP contribution in [0.4, 0.5) is 0 Å². The minimum Gasteiger partial charge on any atom is -0.352 e. The lowest BCUT2D eigenvalue weighted by atomic mass is 9.94. The van der Waals surface area contributed by atoms with Gasteiger partial charge in [0.1, 0.15) is 0 Å². The number of carbonyl (C=O) groups is 1. The van der Waals surface area contributed by atoms with Crippen LogP contribution in [0.15, 0.2) is 36.5 Å². The lowest BCUT2D eigenvalue weighted by molar-refractivity contribution is 0.0951. The maximum atomic E-state index is 12.4. The summed E-state index contributed by atoms with van der Waals surface area (Å²) in [4.78, 5) is 16.7. The average Bonchev–Trinajstić information content (AvgIpc) is 2.61. The third kappa shape index (κ3) is 4.33. The summed E-state index contributed by atoms with van der Waals surface area (Å²) in [6.45, 7) is 1.46. The van der Waals surface area contributed by atoms with Crippen molar-refractivity contribution in [2.24, 2.45) is 11.1 Å². The number of fused-ring (bicyclic) bond motifs is 1. The monoisotopic (exact) mass is 362 g/mol. The number of nitrogens with one attached hydrogen (secondary N) is 1. The second-order valence-corrected chi connectivity index (χ2v) is 7.86. The van der Waals surface area contributed by atoms with Crippen molar-refractivity contribution in [1.29, 1.82) is 0 Å². The van der Waals surface area contributed by atoms with E-state index in [-0.39, 0.29) is 5.91 Å². The summed E-state index contributed by atoms with van der Waals surface area (Å²) in [6.07, 6.45) is 4.03. The Morgan fingerprint density at radius 1 is 1.24 bits per heavy atom. The normalized spacial score (nSPS) is 16.8. The fourth-order valence-corrected chi connectivity index (χ4v) is 3.94. The van der Waals surface area contributed by atoms with Gasteiger partial charge in [-0.3, -0.25) is 9.78 Å². The summed E-state index contributed by atoms with van der Waals surface area (Å²) >= 11 is 0. The third-order valence-electron chi connectivity index (χ3n) is 4.65. The highest BCUT2D eigenvalue weighted by Crippen LogP contribution is 2.21. The van der Waals surface area contributed by atoms with Crippen LogP contribution in [0.25, 0.3) is 10.9 Å². The zero-order valence-corrected chi connectivity index (χ0v) is 14.7. The van der Waals surface area contributed by atoms with E-state index in [0.717, 1.165) is 24.6 Å². The molecule has 8 heteroatoms. The second kappa shape index (κ2) is 7.47. The molecule has 2 heterocycles. The van der Waals surface area contributed by atoms with Crippen molar-refractivity contribution in [3.63, 3.8) is 0 Å². The Bertz CT molecular complexity index is 856. The van der Waals surface area contributed by atoms with Crippen LogP contribution in [0, 0.1) is 5.92 Å². The first kappa shape index (κ1) is 17.8. The topological polar surface area (TPSA) is 105 Å². The number of benzene rings is 1. The Morgan fingerprint density at radius 2 is 1.96 bits per heavy atom. The van der Waals surface area contributed by atoms with Crippen LogP contribution in [0.1, 0.15) is 29.6 Å². The van der Waals surface area contributed by atoms with Crippen molar-refractivity contribution in [3.8, 4) is 0 Å². The molecule has 0 radical (unpaired) electrons. The minimum atomic E-state index is -3.58. The van der Waals surface area contributed by atoms with E-state index < -0.39 is 10.2 Å². The maximum absolute atomic E-state index is 12.4. The van der Waals surface area contributed by atoms with Crippen molar-refractivity contribution < 1.29 is 13.2 Å². The number of para-hydroxylation sites is 1. The smallest absolute Gasteiger partial charge is 0.276 e. The maximum Gasteiger partial charge on any atom is 0.276 e. The van der Waals surface area contributed by atoms with Gasteiger partial charge in [-0.1, -0.05) is 18.2 Å². The van der Waals surface area contributed by atoms with Gasteiger partial charge in [-0.05, 0) is 37.3 Å². The Morgan fingerprint density at radius 3 is 2.68 bits per heavy atom. The van der Waals surface area contributed by atoms with Crippen molar-refractivity contribution in [3.05, 3.63) is 42.1 Å². The number of nitrogens with two attached hydrogens (primary N) is 1. The number of nitrogens with zero attached hydrogens (tertiary/aromatic N) is 2. The van der Waals surface area contributed by atoms with Crippen LogP contribution in [0.3, 0.4) is 0 Å². The van der Waals surface area contributed by atoms with Gasteiger partial charge in [-0.15, -0.1) is 0 Å². The van der Waals surface area contributed by atoms with E-state index in [0.29, 0.717) is 36.6 Å². The molecule has 0 saturated carbocycles. The number of hydrogen-bond donors (Lipinski definition) is 2. The summed E-state index contributed by atoms with van der Waals surface area (Å²) in [6, 6.07) is 9.33. The number of aromatic nitrogens is 1. The van der Waals surface area contributed by atoms with Gasteiger partial charge in [0.15, 0.2) is 0 Å². The molecular weight excluding hydrogens is 340 g/mol. The predicted octanol–water partition coefficient (Wildman–Crippen LogP) is 1.27. The molecule has 3 N–H and O–H groups in total. The molecule has 7 nitrogen and oxygen atoms in total. The quantitative estimate of drug-likeness (QED) is 0.835.